The lowest BCUT2D eigenvalue weighted by Gasteiger charge is -2.33. The first kappa shape index (κ1) is 38.6. The molecule has 0 spiro atoms. The summed E-state index contributed by atoms with van der Waals surface area (Å²) < 4.78 is 0. The highest BCUT2D eigenvalue weighted by Gasteiger charge is 2.43. The SMILES string of the molecule is O=C(c1ccccc1C(=O)N(NC(=O)C(O)(c1ccccc1)c1ccccc1)c1ccccc1)N(NC(=O)C(O)(c1ccccc1)c1ccccc1)c1ccccc1. The van der Waals surface area contributed by atoms with Crippen LogP contribution in [0.3, 0.4) is 0 Å². The van der Waals surface area contributed by atoms with Gasteiger partial charge in [0.15, 0.2) is 11.2 Å². The number of hydrazine groups is 2. The maximum absolute atomic E-state index is 14.8. The van der Waals surface area contributed by atoms with Crippen LogP contribution in [0.2, 0.25) is 0 Å². The predicted molar refractivity (Wildman–Crippen MR) is 221 cm³/mol. The molecule has 0 bridgehead atoms. The largest absolute Gasteiger partial charge is 0.372 e. The second kappa shape index (κ2) is 17.0. The van der Waals surface area contributed by atoms with Gasteiger partial charge in [-0.2, -0.15) is 0 Å². The molecule has 0 atom stereocenters. The lowest BCUT2D eigenvalue weighted by molar-refractivity contribution is -0.137. The van der Waals surface area contributed by atoms with Crippen molar-refractivity contribution in [1.29, 1.82) is 0 Å². The molecule has 0 aliphatic carbocycles. The van der Waals surface area contributed by atoms with E-state index in [2.05, 4.69) is 10.9 Å². The van der Waals surface area contributed by atoms with E-state index in [9.17, 15) is 29.4 Å². The number of para-hydroxylation sites is 2. The van der Waals surface area contributed by atoms with E-state index < -0.39 is 34.8 Å². The van der Waals surface area contributed by atoms with Crippen molar-refractivity contribution in [3.05, 3.63) is 240 Å². The molecule has 0 saturated carbocycles. The van der Waals surface area contributed by atoms with Crippen LogP contribution in [0.4, 0.5) is 11.4 Å². The van der Waals surface area contributed by atoms with Crippen LogP contribution in [-0.2, 0) is 20.8 Å². The number of nitrogens with one attached hydrogen (secondary N) is 2. The smallest absolute Gasteiger partial charge is 0.280 e. The average molecular weight is 767 g/mol. The van der Waals surface area contributed by atoms with Crippen LogP contribution >= 0.6 is 0 Å². The Kier molecular flexibility index (Phi) is 11.3. The summed E-state index contributed by atoms with van der Waals surface area (Å²) >= 11 is 0. The van der Waals surface area contributed by atoms with Gasteiger partial charge in [-0.3, -0.25) is 30.0 Å². The number of aliphatic hydroxyl groups is 2. The van der Waals surface area contributed by atoms with E-state index in [1.54, 1.807) is 194 Å². The fourth-order valence-electron chi connectivity index (χ4n) is 6.66. The topological polar surface area (TPSA) is 139 Å². The zero-order chi connectivity index (χ0) is 40.5. The Bertz CT molecular complexity index is 2250. The van der Waals surface area contributed by atoms with Gasteiger partial charge in [0.25, 0.3) is 23.6 Å². The van der Waals surface area contributed by atoms with Gasteiger partial charge >= 0.3 is 0 Å². The minimum atomic E-state index is -2.24. The number of amides is 4. The van der Waals surface area contributed by atoms with Gasteiger partial charge in [0, 0.05) is 0 Å². The summed E-state index contributed by atoms with van der Waals surface area (Å²) in [5.74, 6) is -3.52. The van der Waals surface area contributed by atoms with Gasteiger partial charge in [0.05, 0.1) is 22.5 Å². The first-order chi connectivity index (χ1) is 28.2. The van der Waals surface area contributed by atoms with Crippen molar-refractivity contribution in [2.24, 2.45) is 0 Å². The molecule has 7 rings (SSSR count). The van der Waals surface area contributed by atoms with Crippen LogP contribution in [0.1, 0.15) is 43.0 Å². The average Bonchev–Trinajstić information content (AvgIpc) is 3.30. The molecule has 0 aromatic heterocycles. The minimum absolute atomic E-state index is 0.142. The molecule has 0 aliphatic heterocycles. The first-order valence-electron chi connectivity index (χ1n) is 18.4. The molecule has 7 aromatic carbocycles. The van der Waals surface area contributed by atoms with Gasteiger partial charge in [0.1, 0.15) is 0 Å². The highest BCUT2D eigenvalue weighted by Crippen LogP contribution is 2.33. The maximum atomic E-state index is 14.8. The molecule has 0 aliphatic rings. The number of hydrogen-bond donors (Lipinski definition) is 4. The van der Waals surface area contributed by atoms with Crippen molar-refractivity contribution in [2.75, 3.05) is 10.0 Å². The second-order valence-electron chi connectivity index (χ2n) is 13.3. The number of carbonyl (C=O) groups excluding carboxylic acids is 4. The van der Waals surface area contributed by atoms with Gasteiger partial charge in [-0.05, 0) is 58.7 Å². The molecule has 0 unspecified atom stereocenters. The van der Waals surface area contributed by atoms with Crippen molar-refractivity contribution < 1.29 is 29.4 Å². The third-order valence-electron chi connectivity index (χ3n) is 9.67. The van der Waals surface area contributed by atoms with Gasteiger partial charge < -0.3 is 10.2 Å². The van der Waals surface area contributed by atoms with Crippen molar-refractivity contribution in [1.82, 2.24) is 10.9 Å². The highest BCUT2D eigenvalue weighted by molar-refractivity contribution is 6.18. The van der Waals surface area contributed by atoms with E-state index in [0.29, 0.717) is 0 Å². The standard InChI is InChI=1S/C48H38N4O6/c53-43(51(39-29-15-5-16-30-39)49-45(55)47(57,35-21-7-1-8-22-35)36-23-9-2-10-24-36)41-33-19-20-34-42(41)44(54)52(40-31-17-6-18-32-40)50-46(56)48(58,37-25-11-3-12-26-37)38-27-13-4-14-28-38/h1-34,57-58H,(H,49,55)(H,50,56). The summed E-state index contributed by atoms with van der Waals surface area (Å²) in [4.78, 5) is 58.6. The zero-order valence-corrected chi connectivity index (χ0v) is 31.1. The number of nitrogens with zero attached hydrogens (tertiary/aromatic N) is 2. The molecule has 0 fully saturated rings. The maximum Gasteiger partial charge on any atom is 0.280 e. The number of benzene rings is 7. The van der Waals surface area contributed by atoms with E-state index in [1.165, 1.54) is 12.1 Å². The number of hydrogen-bond acceptors (Lipinski definition) is 6. The van der Waals surface area contributed by atoms with E-state index >= 15 is 0 Å². The van der Waals surface area contributed by atoms with Crippen molar-refractivity contribution in [3.63, 3.8) is 0 Å². The summed E-state index contributed by atoms with van der Waals surface area (Å²) in [6.07, 6.45) is 0. The van der Waals surface area contributed by atoms with Crippen LogP contribution in [0.5, 0.6) is 0 Å². The first-order valence-corrected chi connectivity index (χ1v) is 18.4. The van der Waals surface area contributed by atoms with Crippen molar-refractivity contribution >= 4 is 35.0 Å². The van der Waals surface area contributed by atoms with Crippen LogP contribution in [0, 0.1) is 0 Å². The van der Waals surface area contributed by atoms with Crippen LogP contribution in [0.25, 0.3) is 0 Å². The fraction of sp³-hybridized carbons (Fsp3) is 0.0417. The Hall–Kier alpha value is -7.66. The molecule has 10 heteroatoms. The van der Waals surface area contributed by atoms with Gasteiger partial charge in [0.2, 0.25) is 0 Å². The number of carbonyl (C=O) groups is 4. The number of rotatable bonds is 10. The van der Waals surface area contributed by atoms with Gasteiger partial charge in [-0.1, -0.05) is 170 Å². The molecule has 4 amide bonds. The Balaban J connectivity index is 1.28. The molecule has 286 valence electrons. The third-order valence-corrected chi connectivity index (χ3v) is 9.67. The summed E-state index contributed by atoms with van der Waals surface area (Å²) in [6, 6.07) is 55.9. The van der Waals surface area contributed by atoms with E-state index in [4.69, 9.17) is 0 Å². The molecular formula is C48H38N4O6. The summed E-state index contributed by atoms with van der Waals surface area (Å²) in [6.45, 7) is 0. The highest BCUT2D eigenvalue weighted by atomic mass is 16.3. The van der Waals surface area contributed by atoms with Gasteiger partial charge in [-0.25, -0.2) is 10.0 Å². The Morgan fingerprint density at radius 3 is 0.828 bits per heavy atom. The van der Waals surface area contributed by atoms with Crippen LogP contribution in [0.15, 0.2) is 206 Å². The molecule has 7 aromatic rings. The molecule has 0 heterocycles. The molecule has 0 radical (unpaired) electrons. The second-order valence-corrected chi connectivity index (χ2v) is 13.3. The monoisotopic (exact) mass is 766 g/mol. The van der Waals surface area contributed by atoms with Crippen LogP contribution < -0.4 is 20.9 Å². The Morgan fingerprint density at radius 2 is 0.569 bits per heavy atom. The quantitative estimate of drug-likeness (QED) is 0.112. The number of anilines is 2. The Labute approximate surface area is 335 Å². The molecule has 4 N–H and O–H groups in total. The summed E-state index contributed by atoms with van der Waals surface area (Å²) in [5.41, 5.74) is 2.04. The third kappa shape index (κ3) is 7.61. The summed E-state index contributed by atoms with van der Waals surface area (Å²) in [7, 11) is 0. The van der Waals surface area contributed by atoms with Crippen LogP contribution in [-0.4, -0.2) is 33.8 Å². The molecule has 0 saturated heterocycles. The van der Waals surface area contributed by atoms with E-state index in [-0.39, 0.29) is 44.8 Å². The lowest BCUT2D eigenvalue weighted by Crippen LogP contribution is -2.56. The molecule has 58 heavy (non-hydrogen) atoms. The van der Waals surface area contributed by atoms with Crippen molar-refractivity contribution in [2.45, 2.75) is 11.2 Å². The molecular weight excluding hydrogens is 729 g/mol. The zero-order valence-electron chi connectivity index (χ0n) is 31.1. The Morgan fingerprint density at radius 1 is 0.345 bits per heavy atom. The summed E-state index contributed by atoms with van der Waals surface area (Å²) in [5, 5.41) is 26.5. The van der Waals surface area contributed by atoms with Gasteiger partial charge in [-0.15, -0.1) is 0 Å². The van der Waals surface area contributed by atoms with Crippen molar-refractivity contribution in [3.8, 4) is 0 Å². The normalized spacial score (nSPS) is 11.2. The van der Waals surface area contributed by atoms with E-state index in [1.807, 2.05) is 0 Å². The fourth-order valence-corrected chi connectivity index (χ4v) is 6.66. The molecule has 10 nitrogen and oxygen atoms in total. The minimum Gasteiger partial charge on any atom is -0.372 e. The van der Waals surface area contributed by atoms with E-state index in [0.717, 1.165) is 10.0 Å². The predicted octanol–water partition coefficient (Wildman–Crippen LogP) is 6.91. The lowest BCUT2D eigenvalue weighted by atomic mass is 9.85.